The van der Waals surface area contributed by atoms with Crippen LogP contribution in [0.25, 0.3) is 11.8 Å². The number of nitrogens with zero attached hydrogens (tertiary/aromatic N) is 3. The van der Waals surface area contributed by atoms with Crippen LogP contribution in [0.5, 0.6) is 17.2 Å². The van der Waals surface area contributed by atoms with E-state index >= 15 is 0 Å². The molecular formula is C37H37N3O8S. The van der Waals surface area contributed by atoms with E-state index in [1.54, 1.807) is 40.7 Å². The van der Waals surface area contributed by atoms with Gasteiger partial charge in [-0.2, -0.15) is 0 Å². The summed E-state index contributed by atoms with van der Waals surface area (Å²) in [7, 11) is 1.52. The number of aromatic nitrogens is 1. The fourth-order valence-electron chi connectivity index (χ4n) is 5.76. The zero-order valence-electron chi connectivity index (χ0n) is 27.5. The lowest BCUT2D eigenvalue weighted by atomic mass is 9.93. The lowest BCUT2D eigenvalue weighted by Crippen LogP contribution is -2.43. The summed E-state index contributed by atoms with van der Waals surface area (Å²) >= 11 is 1.22. The van der Waals surface area contributed by atoms with E-state index in [1.807, 2.05) is 61.5 Å². The Morgan fingerprint density at radius 3 is 2.41 bits per heavy atom. The van der Waals surface area contributed by atoms with Crippen LogP contribution in [-0.4, -0.2) is 74.6 Å². The summed E-state index contributed by atoms with van der Waals surface area (Å²) in [4.78, 5) is 47.6. The zero-order chi connectivity index (χ0) is 34.3. The predicted octanol–water partition coefficient (Wildman–Crippen LogP) is 3.58. The number of amides is 1. The second kappa shape index (κ2) is 15.3. The number of ether oxygens (including phenoxy) is 5. The van der Waals surface area contributed by atoms with Gasteiger partial charge in [-0.15, -0.1) is 0 Å². The molecule has 0 N–H and O–H groups in total. The van der Waals surface area contributed by atoms with Gasteiger partial charge in [0.15, 0.2) is 22.9 Å². The lowest BCUT2D eigenvalue weighted by Gasteiger charge is -2.26. The van der Waals surface area contributed by atoms with E-state index in [-0.39, 0.29) is 30.3 Å². The number of morpholine rings is 1. The fraction of sp³-hybridized carbons (Fsp3) is 0.297. The Balaban J connectivity index is 1.42. The number of hydrogen-bond acceptors (Lipinski definition) is 10. The van der Waals surface area contributed by atoms with Crippen LogP contribution in [0.15, 0.2) is 88.2 Å². The molecule has 0 aliphatic carbocycles. The molecule has 1 aromatic heterocycles. The highest BCUT2D eigenvalue weighted by atomic mass is 32.1. The van der Waals surface area contributed by atoms with Gasteiger partial charge in [0.2, 0.25) is 0 Å². The number of hydrogen-bond donors (Lipinski definition) is 0. The summed E-state index contributed by atoms with van der Waals surface area (Å²) < 4.78 is 29.9. The van der Waals surface area contributed by atoms with Gasteiger partial charge in [-0.3, -0.25) is 14.2 Å². The van der Waals surface area contributed by atoms with Gasteiger partial charge in [0.05, 0.1) is 55.4 Å². The molecule has 0 radical (unpaired) electrons. The van der Waals surface area contributed by atoms with Crippen molar-refractivity contribution in [2.75, 3.05) is 53.2 Å². The predicted molar refractivity (Wildman–Crippen MR) is 185 cm³/mol. The SMILES string of the molecule is CCOC(=O)C1=C(c2ccccc2)N=c2s/c(=C\c3ccc(OCC(=O)N4CCOCC4)c(OC)c3)c(=O)n2[C@H]1c1ccc(OCC)cc1. The molecular weight excluding hydrogens is 646 g/mol. The molecule has 3 aromatic carbocycles. The quantitative estimate of drug-likeness (QED) is 0.220. The van der Waals surface area contributed by atoms with Crippen LogP contribution < -0.4 is 29.1 Å². The largest absolute Gasteiger partial charge is 0.494 e. The van der Waals surface area contributed by atoms with Gasteiger partial charge in [0.1, 0.15) is 5.75 Å². The van der Waals surface area contributed by atoms with Crippen LogP contribution in [0.2, 0.25) is 0 Å². The number of esters is 1. The summed E-state index contributed by atoms with van der Waals surface area (Å²) in [5.41, 5.74) is 2.52. The third kappa shape index (κ3) is 7.30. The molecule has 2 aliphatic heterocycles. The number of carbonyl (C=O) groups excluding carboxylic acids is 2. The number of thiazole rings is 1. The minimum atomic E-state index is -0.808. The summed E-state index contributed by atoms with van der Waals surface area (Å²) in [6, 6.07) is 21.2. The third-order valence-electron chi connectivity index (χ3n) is 8.08. The van der Waals surface area contributed by atoms with Crippen molar-refractivity contribution in [2.45, 2.75) is 19.9 Å². The Labute approximate surface area is 287 Å². The van der Waals surface area contributed by atoms with Crippen LogP contribution in [0, 0.1) is 0 Å². The first-order valence-electron chi connectivity index (χ1n) is 16.1. The summed E-state index contributed by atoms with van der Waals surface area (Å²) in [6.45, 7) is 6.26. The highest BCUT2D eigenvalue weighted by Gasteiger charge is 2.35. The van der Waals surface area contributed by atoms with Crippen molar-refractivity contribution >= 4 is 35.0 Å². The van der Waals surface area contributed by atoms with Crippen LogP contribution >= 0.6 is 11.3 Å². The van der Waals surface area contributed by atoms with Crippen molar-refractivity contribution in [3.8, 4) is 17.2 Å². The average Bonchev–Trinajstić information content (AvgIpc) is 3.45. The maximum atomic E-state index is 14.3. The van der Waals surface area contributed by atoms with Gasteiger partial charge >= 0.3 is 5.97 Å². The molecule has 49 heavy (non-hydrogen) atoms. The molecule has 11 nitrogen and oxygen atoms in total. The van der Waals surface area contributed by atoms with E-state index in [1.165, 1.54) is 18.4 Å². The first-order chi connectivity index (χ1) is 23.9. The molecule has 1 saturated heterocycles. The van der Waals surface area contributed by atoms with Gasteiger partial charge in [0.25, 0.3) is 11.5 Å². The van der Waals surface area contributed by atoms with Gasteiger partial charge in [-0.25, -0.2) is 9.79 Å². The van der Waals surface area contributed by atoms with Gasteiger partial charge in [-0.05, 0) is 55.3 Å². The van der Waals surface area contributed by atoms with Crippen LogP contribution in [0.4, 0.5) is 0 Å². The van der Waals surface area contributed by atoms with E-state index in [0.29, 0.717) is 76.3 Å². The van der Waals surface area contributed by atoms with Crippen molar-refractivity contribution in [1.29, 1.82) is 0 Å². The Kier molecular flexibility index (Phi) is 10.6. The highest BCUT2D eigenvalue weighted by Crippen LogP contribution is 2.36. The Morgan fingerprint density at radius 1 is 0.959 bits per heavy atom. The summed E-state index contributed by atoms with van der Waals surface area (Å²) in [5.74, 6) is 0.820. The highest BCUT2D eigenvalue weighted by molar-refractivity contribution is 7.07. The normalized spacial score (nSPS) is 16.1. The lowest BCUT2D eigenvalue weighted by molar-refractivity contribution is -0.139. The monoisotopic (exact) mass is 683 g/mol. The Hall–Kier alpha value is -5.20. The molecule has 0 spiro atoms. The third-order valence-corrected chi connectivity index (χ3v) is 9.06. The van der Waals surface area contributed by atoms with Gasteiger partial charge < -0.3 is 28.6 Å². The Morgan fingerprint density at radius 2 is 1.71 bits per heavy atom. The topological polar surface area (TPSA) is 118 Å². The molecule has 0 unspecified atom stereocenters. The summed E-state index contributed by atoms with van der Waals surface area (Å²) in [6.07, 6.45) is 1.75. The second-order valence-corrected chi connectivity index (χ2v) is 12.1. The zero-order valence-corrected chi connectivity index (χ0v) is 28.4. The van der Waals surface area contributed by atoms with E-state index in [2.05, 4.69) is 0 Å². The van der Waals surface area contributed by atoms with Gasteiger partial charge in [0, 0.05) is 18.7 Å². The average molecular weight is 684 g/mol. The van der Waals surface area contributed by atoms with Crippen LogP contribution in [0.3, 0.4) is 0 Å². The van der Waals surface area contributed by atoms with Crippen molar-refractivity contribution in [3.05, 3.63) is 115 Å². The molecule has 4 aromatic rings. The fourth-order valence-corrected chi connectivity index (χ4v) is 6.76. The maximum absolute atomic E-state index is 14.3. The van der Waals surface area contributed by atoms with E-state index in [0.717, 1.165) is 5.56 Å². The van der Waals surface area contributed by atoms with Gasteiger partial charge in [-0.1, -0.05) is 59.9 Å². The van der Waals surface area contributed by atoms with Crippen molar-refractivity contribution < 1.29 is 33.3 Å². The number of benzene rings is 3. The number of methoxy groups -OCH3 is 1. The maximum Gasteiger partial charge on any atom is 0.338 e. The number of fused-ring (bicyclic) bond motifs is 1. The molecule has 6 rings (SSSR count). The molecule has 3 heterocycles. The Bertz CT molecular complexity index is 2030. The molecule has 1 atom stereocenters. The molecule has 0 saturated carbocycles. The molecule has 1 fully saturated rings. The van der Waals surface area contributed by atoms with E-state index in [9.17, 15) is 14.4 Å². The van der Waals surface area contributed by atoms with Crippen molar-refractivity contribution in [2.24, 2.45) is 4.99 Å². The van der Waals surface area contributed by atoms with Crippen molar-refractivity contribution in [1.82, 2.24) is 9.47 Å². The standard InChI is InChI=1S/C37H37N3O8S/c1-4-46-27-14-12-26(13-15-27)34-32(36(43)47-5-2)33(25-9-7-6-8-10-25)38-37-40(34)35(42)30(49-37)22-24-11-16-28(29(21-24)44-3)48-23-31(41)39-17-19-45-20-18-39/h6-16,21-22,34H,4-5,17-20,23H2,1-3H3/b30-22-/t34-/m0/s1. The smallest absolute Gasteiger partial charge is 0.338 e. The molecule has 0 bridgehead atoms. The first-order valence-corrected chi connectivity index (χ1v) is 16.9. The molecule has 254 valence electrons. The van der Waals surface area contributed by atoms with E-state index in [4.69, 9.17) is 28.7 Å². The first kappa shape index (κ1) is 33.7. The van der Waals surface area contributed by atoms with Crippen LogP contribution in [0.1, 0.15) is 36.6 Å². The molecule has 1 amide bonds. The minimum absolute atomic E-state index is 0.130. The molecule has 2 aliphatic rings. The molecule has 12 heteroatoms. The summed E-state index contributed by atoms with van der Waals surface area (Å²) in [5, 5.41) is 0. The number of carbonyl (C=O) groups is 2. The van der Waals surface area contributed by atoms with Crippen molar-refractivity contribution in [3.63, 3.8) is 0 Å². The van der Waals surface area contributed by atoms with Crippen LogP contribution in [-0.2, 0) is 19.1 Å². The second-order valence-electron chi connectivity index (χ2n) is 11.1. The van der Waals surface area contributed by atoms with E-state index < -0.39 is 12.0 Å². The minimum Gasteiger partial charge on any atom is -0.494 e. The number of rotatable bonds is 11.